The molecule has 0 aliphatic carbocycles. The summed E-state index contributed by atoms with van der Waals surface area (Å²) in [5.74, 6) is 0.567. The number of anilines is 1. The van der Waals surface area contributed by atoms with E-state index in [0.717, 1.165) is 0 Å². The van der Waals surface area contributed by atoms with E-state index in [4.69, 9.17) is 20.4 Å². The molecule has 0 saturated heterocycles. The number of aromatic nitrogens is 1. The average Bonchev–Trinajstić information content (AvgIpc) is 2.16. The normalized spacial score (nSPS) is 10.3. The highest BCUT2D eigenvalue weighted by molar-refractivity contribution is 6.34. The van der Waals surface area contributed by atoms with Crippen molar-refractivity contribution >= 4 is 24.0 Å². The zero-order chi connectivity index (χ0) is 10.8. The Labute approximate surface area is 86.3 Å². The number of para-hydroxylation sites is 1. The number of pyridine rings is 1. The maximum absolute atomic E-state index is 8.73. The van der Waals surface area contributed by atoms with Crippen molar-refractivity contribution in [2.75, 3.05) is 5.73 Å². The fourth-order valence-corrected chi connectivity index (χ4v) is 1.37. The Bertz CT molecular complexity index is 490. The van der Waals surface area contributed by atoms with E-state index in [2.05, 4.69) is 4.98 Å². The van der Waals surface area contributed by atoms with Crippen LogP contribution in [-0.2, 0) is 0 Å². The molecule has 76 valence electrons. The maximum atomic E-state index is 8.73. The van der Waals surface area contributed by atoms with Crippen LogP contribution in [-0.4, -0.2) is 22.4 Å². The second-order valence-electron chi connectivity index (χ2n) is 3.01. The third-order valence-corrected chi connectivity index (χ3v) is 1.93. The van der Waals surface area contributed by atoms with Crippen LogP contribution in [0, 0.1) is 0 Å². The topological polar surface area (TPSA) is 88.6 Å². The molecule has 2 rings (SSSR count). The molecule has 0 bridgehead atoms. The number of nitrogens with zero attached hydrogens (tertiary/aromatic N) is 1. The standard InChI is InChI=1S/C9H9BN2O3/c11-9-5-8(15-10(13)14)6-3-1-2-4-7(6)12-9/h1-5,13-14H,(H2,11,12). The van der Waals surface area contributed by atoms with Gasteiger partial charge in [-0.1, -0.05) is 12.1 Å². The third-order valence-electron chi connectivity index (χ3n) is 1.93. The maximum Gasteiger partial charge on any atom is 0.707 e. The van der Waals surface area contributed by atoms with E-state index in [1.54, 1.807) is 18.2 Å². The van der Waals surface area contributed by atoms with Crippen LogP contribution in [0.5, 0.6) is 5.75 Å². The van der Waals surface area contributed by atoms with Gasteiger partial charge in [0.25, 0.3) is 0 Å². The number of hydrogen-bond donors (Lipinski definition) is 3. The van der Waals surface area contributed by atoms with Gasteiger partial charge in [0.1, 0.15) is 11.6 Å². The summed E-state index contributed by atoms with van der Waals surface area (Å²) in [6.45, 7) is 0. The smallest absolute Gasteiger partial charge is 0.511 e. The predicted molar refractivity (Wildman–Crippen MR) is 57.0 cm³/mol. The molecule has 0 aliphatic heterocycles. The van der Waals surface area contributed by atoms with Crippen LogP contribution in [0.25, 0.3) is 10.9 Å². The fraction of sp³-hybridized carbons (Fsp3) is 0. The SMILES string of the molecule is Nc1cc(OB(O)O)c2ccccc2n1. The van der Waals surface area contributed by atoms with E-state index in [1.165, 1.54) is 6.07 Å². The summed E-state index contributed by atoms with van der Waals surface area (Å²) in [5.41, 5.74) is 6.19. The quantitative estimate of drug-likeness (QED) is 0.606. The van der Waals surface area contributed by atoms with Crippen LogP contribution in [0.3, 0.4) is 0 Å². The minimum absolute atomic E-state index is 0.268. The molecular weight excluding hydrogens is 195 g/mol. The predicted octanol–water partition coefficient (Wildman–Crippen LogP) is 0.165. The zero-order valence-electron chi connectivity index (χ0n) is 7.79. The van der Waals surface area contributed by atoms with Crippen LogP contribution in [0.1, 0.15) is 0 Å². The molecule has 1 aromatic heterocycles. The largest absolute Gasteiger partial charge is 0.707 e. The van der Waals surface area contributed by atoms with Gasteiger partial charge in [0.2, 0.25) is 0 Å². The minimum Gasteiger partial charge on any atom is -0.511 e. The Morgan fingerprint density at radius 2 is 2.00 bits per heavy atom. The van der Waals surface area contributed by atoms with Gasteiger partial charge in [-0.3, -0.25) is 0 Å². The Hall–Kier alpha value is -1.79. The second kappa shape index (κ2) is 3.76. The molecule has 0 radical (unpaired) electrons. The summed E-state index contributed by atoms with van der Waals surface area (Å²) in [6, 6.07) is 8.59. The lowest BCUT2D eigenvalue weighted by molar-refractivity contribution is 0.289. The number of benzene rings is 1. The first-order chi connectivity index (χ1) is 7.16. The molecule has 0 aliphatic rings. The molecule has 0 spiro atoms. The van der Waals surface area contributed by atoms with E-state index >= 15 is 0 Å². The molecule has 0 unspecified atom stereocenters. The van der Waals surface area contributed by atoms with Gasteiger partial charge in [-0.15, -0.1) is 0 Å². The lowest BCUT2D eigenvalue weighted by atomic mass is 10.1. The monoisotopic (exact) mass is 204 g/mol. The molecule has 6 heteroatoms. The van der Waals surface area contributed by atoms with Gasteiger partial charge in [0.15, 0.2) is 0 Å². The summed E-state index contributed by atoms with van der Waals surface area (Å²) in [6.07, 6.45) is 0. The van der Waals surface area contributed by atoms with E-state index in [1.807, 2.05) is 6.07 Å². The molecule has 4 N–H and O–H groups in total. The first-order valence-electron chi connectivity index (χ1n) is 4.35. The van der Waals surface area contributed by atoms with Crippen LogP contribution >= 0.6 is 0 Å². The first kappa shape index (κ1) is 9.76. The number of nitrogen functional groups attached to an aromatic ring is 1. The summed E-state index contributed by atoms with van der Waals surface area (Å²) >= 11 is 0. The van der Waals surface area contributed by atoms with Crippen molar-refractivity contribution in [2.45, 2.75) is 0 Å². The van der Waals surface area contributed by atoms with Crippen LogP contribution in [0.2, 0.25) is 0 Å². The second-order valence-corrected chi connectivity index (χ2v) is 3.01. The average molecular weight is 204 g/mol. The molecule has 1 aromatic carbocycles. The molecule has 2 aromatic rings. The van der Waals surface area contributed by atoms with Crippen molar-refractivity contribution in [2.24, 2.45) is 0 Å². The van der Waals surface area contributed by atoms with Gasteiger partial charge in [-0.2, -0.15) is 0 Å². The molecule has 5 nitrogen and oxygen atoms in total. The van der Waals surface area contributed by atoms with Gasteiger partial charge >= 0.3 is 7.32 Å². The molecule has 0 saturated carbocycles. The van der Waals surface area contributed by atoms with Crippen molar-refractivity contribution in [1.29, 1.82) is 0 Å². The molecule has 15 heavy (non-hydrogen) atoms. The first-order valence-corrected chi connectivity index (χ1v) is 4.35. The fourth-order valence-electron chi connectivity index (χ4n) is 1.37. The van der Waals surface area contributed by atoms with Gasteiger partial charge in [-0.25, -0.2) is 4.98 Å². The molecule has 0 atom stereocenters. The summed E-state index contributed by atoms with van der Waals surface area (Å²) in [5, 5.41) is 18.1. The number of hydrogen-bond acceptors (Lipinski definition) is 5. The van der Waals surface area contributed by atoms with Crippen LogP contribution < -0.4 is 10.4 Å². The molecule has 0 fully saturated rings. The summed E-state index contributed by atoms with van der Waals surface area (Å²) in [7, 11) is -1.87. The Morgan fingerprint density at radius 3 is 2.73 bits per heavy atom. The Kier molecular flexibility index (Phi) is 2.45. The van der Waals surface area contributed by atoms with Gasteiger partial charge < -0.3 is 20.4 Å². The van der Waals surface area contributed by atoms with E-state index in [-0.39, 0.29) is 5.82 Å². The number of fused-ring (bicyclic) bond motifs is 1. The lowest BCUT2D eigenvalue weighted by Crippen LogP contribution is -2.20. The zero-order valence-corrected chi connectivity index (χ0v) is 7.79. The molecular formula is C9H9BN2O3. The number of rotatable bonds is 2. The third kappa shape index (κ3) is 2.00. The highest BCUT2D eigenvalue weighted by atomic mass is 16.6. The van der Waals surface area contributed by atoms with Gasteiger partial charge in [0.05, 0.1) is 5.52 Å². The van der Waals surface area contributed by atoms with Crippen LogP contribution in [0.15, 0.2) is 30.3 Å². The summed E-state index contributed by atoms with van der Waals surface area (Å²) < 4.78 is 4.80. The highest BCUT2D eigenvalue weighted by Gasteiger charge is 2.14. The Morgan fingerprint density at radius 1 is 1.27 bits per heavy atom. The minimum atomic E-state index is -1.87. The van der Waals surface area contributed by atoms with Crippen LogP contribution in [0.4, 0.5) is 5.82 Å². The molecule has 0 amide bonds. The summed E-state index contributed by atoms with van der Waals surface area (Å²) in [4.78, 5) is 4.08. The van der Waals surface area contributed by atoms with Crippen molar-refractivity contribution in [1.82, 2.24) is 4.98 Å². The number of nitrogens with two attached hydrogens (primary N) is 1. The van der Waals surface area contributed by atoms with E-state index < -0.39 is 7.32 Å². The van der Waals surface area contributed by atoms with Gasteiger partial charge in [-0.05, 0) is 12.1 Å². The Balaban J connectivity index is 2.60. The molecule has 1 heterocycles. The van der Waals surface area contributed by atoms with Crippen molar-refractivity contribution in [3.8, 4) is 5.75 Å². The highest BCUT2D eigenvalue weighted by Crippen LogP contribution is 2.26. The van der Waals surface area contributed by atoms with Crippen molar-refractivity contribution in [3.63, 3.8) is 0 Å². The van der Waals surface area contributed by atoms with Crippen molar-refractivity contribution < 1.29 is 14.7 Å². The van der Waals surface area contributed by atoms with Crippen molar-refractivity contribution in [3.05, 3.63) is 30.3 Å². The van der Waals surface area contributed by atoms with Gasteiger partial charge in [0, 0.05) is 11.5 Å². The van der Waals surface area contributed by atoms with E-state index in [9.17, 15) is 0 Å². The van der Waals surface area contributed by atoms with E-state index in [0.29, 0.717) is 16.7 Å². The lowest BCUT2D eigenvalue weighted by Gasteiger charge is -2.08.